The molecule has 144 valence electrons. The molecule has 0 bridgehead atoms. The molecule has 8 heteroatoms. The number of para-hydroxylation sites is 2. The molecular formula is C20H21N5O3. The number of carbonyl (C=O) groups excluding carboxylic acids is 1. The molecule has 0 radical (unpaired) electrons. The fraction of sp³-hybridized carbons (Fsp3) is 0.350. The molecule has 1 aliphatic rings. The van der Waals surface area contributed by atoms with Gasteiger partial charge in [-0.3, -0.25) is 14.4 Å². The minimum Gasteiger partial charge on any atom is -0.342 e. The SMILES string of the molecule is O=C(CCc1nc2ccccc2[nH]c1=O)N1CCC[C@@H](c2cc(=O)[nH]cn2)C1. The number of likely N-dealkylation sites (tertiary alicyclic amines) is 1. The van der Waals surface area contributed by atoms with Crippen molar-refractivity contribution in [1.29, 1.82) is 0 Å². The molecular weight excluding hydrogens is 358 g/mol. The number of aryl methyl sites for hydroxylation is 1. The summed E-state index contributed by atoms with van der Waals surface area (Å²) in [5, 5.41) is 0. The highest BCUT2D eigenvalue weighted by atomic mass is 16.2. The van der Waals surface area contributed by atoms with Crippen molar-refractivity contribution in [2.75, 3.05) is 13.1 Å². The first-order valence-corrected chi connectivity index (χ1v) is 9.40. The molecule has 2 N–H and O–H groups in total. The van der Waals surface area contributed by atoms with Crippen molar-refractivity contribution in [3.05, 3.63) is 68.8 Å². The zero-order chi connectivity index (χ0) is 19.5. The van der Waals surface area contributed by atoms with Crippen molar-refractivity contribution in [3.63, 3.8) is 0 Å². The maximum Gasteiger partial charge on any atom is 0.270 e. The number of amides is 1. The highest BCUT2D eigenvalue weighted by Crippen LogP contribution is 2.25. The van der Waals surface area contributed by atoms with E-state index in [0.29, 0.717) is 41.9 Å². The first-order chi connectivity index (χ1) is 13.6. The summed E-state index contributed by atoms with van der Waals surface area (Å²) in [4.78, 5) is 52.2. The van der Waals surface area contributed by atoms with Crippen LogP contribution in [0.25, 0.3) is 11.0 Å². The van der Waals surface area contributed by atoms with Crippen LogP contribution in [-0.4, -0.2) is 43.8 Å². The number of hydrogen-bond acceptors (Lipinski definition) is 5. The van der Waals surface area contributed by atoms with Crippen LogP contribution in [0.2, 0.25) is 0 Å². The van der Waals surface area contributed by atoms with Crippen molar-refractivity contribution in [3.8, 4) is 0 Å². The van der Waals surface area contributed by atoms with Gasteiger partial charge in [-0.05, 0) is 25.0 Å². The lowest BCUT2D eigenvalue weighted by Crippen LogP contribution is -2.39. The van der Waals surface area contributed by atoms with Gasteiger partial charge in [0.15, 0.2) is 0 Å². The van der Waals surface area contributed by atoms with Gasteiger partial charge < -0.3 is 14.9 Å². The Morgan fingerprint density at radius 1 is 1.25 bits per heavy atom. The van der Waals surface area contributed by atoms with E-state index in [0.717, 1.165) is 12.8 Å². The highest BCUT2D eigenvalue weighted by Gasteiger charge is 2.25. The van der Waals surface area contributed by atoms with Gasteiger partial charge in [0.2, 0.25) is 5.91 Å². The number of carbonyl (C=O) groups is 1. The van der Waals surface area contributed by atoms with Crippen molar-refractivity contribution < 1.29 is 4.79 Å². The number of nitrogens with one attached hydrogen (secondary N) is 2. The van der Waals surface area contributed by atoms with E-state index in [1.54, 1.807) is 11.0 Å². The molecule has 8 nitrogen and oxygen atoms in total. The monoisotopic (exact) mass is 379 g/mol. The van der Waals surface area contributed by atoms with Crippen LogP contribution in [0.3, 0.4) is 0 Å². The smallest absolute Gasteiger partial charge is 0.270 e. The first-order valence-electron chi connectivity index (χ1n) is 9.40. The molecule has 0 unspecified atom stereocenters. The summed E-state index contributed by atoms with van der Waals surface area (Å²) in [6, 6.07) is 8.83. The predicted molar refractivity (Wildman–Crippen MR) is 104 cm³/mol. The van der Waals surface area contributed by atoms with Crippen molar-refractivity contribution in [2.24, 2.45) is 0 Å². The molecule has 1 atom stereocenters. The van der Waals surface area contributed by atoms with Gasteiger partial charge in [0.05, 0.1) is 23.1 Å². The van der Waals surface area contributed by atoms with E-state index in [4.69, 9.17) is 0 Å². The lowest BCUT2D eigenvalue weighted by Gasteiger charge is -2.32. The molecule has 3 heterocycles. The first kappa shape index (κ1) is 18.1. The van der Waals surface area contributed by atoms with Crippen LogP contribution in [0.5, 0.6) is 0 Å². The molecule has 0 saturated carbocycles. The molecule has 4 rings (SSSR count). The lowest BCUT2D eigenvalue weighted by molar-refractivity contribution is -0.132. The van der Waals surface area contributed by atoms with E-state index in [9.17, 15) is 14.4 Å². The van der Waals surface area contributed by atoms with Crippen LogP contribution >= 0.6 is 0 Å². The Morgan fingerprint density at radius 2 is 2.11 bits per heavy atom. The fourth-order valence-corrected chi connectivity index (χ4v) is 3.67. The number of aromatic nitrogens is 4. The van der Waals surface area contributed by atoms with Gasteiger partial charge in [-0.2, -0.15) is 0 Å². The largest absolute Gasteiger partial charge is 0.342 e. The molecule has 28 heavy (non-hydrogen) atoms. The van der Waals surface area contributed by atoms with E-state index in [1.165, 1.54) is 12.4 Å². The summed E-state index contributed by atoms with van der Waals surface area (Å²) in [6.07, 6.45) is 3.68. The normalized spacial score (nSPS) is 17.0. The Labute approximate surface area is 160 Å². The Bertz CT molecular complexity index is 1120. The van der Waals surface area contributed by atoms with Crippen LogP contribution in [0.4, 0.5) is 0 Å². The number of fused-ring (bicyclic) bond motifs is 1. The maximum atomic E-state index is 12.7. The van der Waals surface area contributed by atoms with Crippen LogP contribution in [0.1, 0.15) is 36.6 Å². The molecule has 1 saturated heterocycles. The number of hydrogen-bond donors (Lipinski definition) is 2. The van der Waals surface area contributed by atoms with Crippen LogP contribution in [0, 0.1) is 0 Å². The average molecular weight is 379 g/mol. The van der Waals surface area contributed by atoms with Crippen LogP contribution < -0.4 is 11.1 Å². The summed E-state index contributed by atoms with van der Waals surface area (Å²) < 4.78 is 0. The topological polar surface area (TPSA) is 112 Å². The van der Waals surface area contributed by atoms with E-state index < -0.39 is 0 Å². The average Bonchev–Trinajstić information content (AvgIpc) is 2.72. The van der Waals surface area contributed by atoms with Gasteiger partial charge >= 0.3 is 0 Å². The number of piperidine rings is 1. The van der Waals surface area contributed by atoms with E-state index in [1.807, 2.05) is 18.2 Å². The summed E-state index contributed by atoms with van der Waals surface area (Å²) in [5.41, 5.74) is 2.05. The highest BCUT2D eigenvalue weighted by molar-refractivity contribution is 5.77. The summed E-state index contributed by atoms with van der Waals surface area (Å²) >= 11 is 0. The molecule has 2 aromatic heterocycles. The minimum absolute atomic E-state index is 0.0103. The van der Waals surface area contributed by atoms with Crippen LogP contribution in [-0.2, 0) is 11.2 Å². The summed E-state index contributed by atoms with van der Waals surface area (Å²) in [6.45, 7) is 1.22. The van der Waals surface area contributed by atoms with Gasteiger partial charge in [0.25, 0.3) is 11.1 Å². The van der Waals surface area contributed by atoms with Gasteiger partial charge in [-0.15, -0.1) is 0 Å². The molecule has 1 fully saturated rings. The third-order valence-electron chi connectivity index (χ3n) is 5.14. The number of benzene rings is 1. The van der Waals surface area contributed by atoms with Crippen LogP contribution in [0.15, 0.2) is 46.2 Å². The summed E-state index contributed by atoms with van der Waals surface area (Å²) in [5.74, 6) is 0.0473. The molecule has 1 aliphatic heterocycles. The van der Waals surface area contributed by atoms with Crippen molar-refractivity contribution >= 4 is 16.9 Å². The van der Waals surface area contributed by atoms with E-state index >= 15 is 0 Å². The zero-order valence-corrected chi connectivity index (χ0v) is 15.4. The lowest BCUT2D eigenvalue weighted by atomic mass is 9.94. The quantitative estimate of drug-likeness (QED) is 0.711. The fourth-order valence-electron chi connectivity index (χ4n) is 3.67. The second-order valence-electron chi connectivity index (χ2n) is 7.04. The van der Waals surface area contributed by atoms with E-state index in [2.05, 4.69) is 19.9 Å². The van der Waals surface area contributed by atoms with Crippen molar-refractivity contribution in [2.45, 2.75) is 31.6 Å². The molecule has 1 aromatic carbocycles. The Morgan fingerprint density at radius 3 is 2.96 bits per heavy atom. The van der Waals surface area contributed by atoms with E-state index in [-0.39, 0.29) is 29.4 Å². The Hall–Kier alpha value is -3.29. The molecule has 3 aromatic rings. The maximum absolute atomic E-state index is 12.7. The number of aromatic amines is 2. The second-order valence-corrected chi connectivity index (χ2v) is 7.04. The Balaban J connectivity index is 1.43. The third-order valence-corrected chi connectivity index (χ3v) is 5.14. The van der Waals surface area contributed by atoms with Gasteiger partial charge in [-0.1, -0.05) is 12.1 Å². The van der Waals surface area contributed by atoms with Gasteiger partial charge in [0.1, 0.15) is 5.69 Å². The van der Waals surface area contributed by atoms with Crippen molar-refractivity contribution in [1.82, 2.24) is 24.8 Å². The zero-order valence-electron chi connectivity index (χ0n) is 15.4. The molecule has 0 aliphatic carbocycles. The van der Waals surface area contributed by atoms with Gasteiger partial charge in [-0.25, -0.2) is 9.97 Å². The standard InChI is InChI=1S/C20H21N5O3/c26-18-10-17(21-12-22-18)13-4-3-9-25(11-13)19(27)8-7-16-20(28)24-15-6-2-1-5-14(15)23-16/h1-2,5-6,10,12-13H,3-4,7-9,11H2,(H,24,28)(H,21,22,26)/t13-/m1/s1. The predicted octanol–water partition coefficient (Wildman–Crippen LogP) is 1.35. The second kappa shape index (κ2) is 7.75. The number of rotatable bonds is 4. The molecule has 0 spiro atoms. The number of nitrogens with zero attached hydrogens (tertiary/aromatic N) is 3. The molecule has 1 amide bonds. The Kier molecular flexibility index (Phi) is 5.01. The van der Waals surface area contributed by atoms with Gasteiger partial charge in [0, 0.05) is 37.9 Å². The minimum atomic E-state index is -0.254. The summed E-state index contributed by atoms with van der Waals surface area (Å²) in [7, 11) is 0. The third kappa shape index (κ3) is 3.85. The number of H-pyrrole nitrogens is 2.